The van der Waals surface area contributed by atoms with Crippen molar-refractivity contribution in [3.63, 3.8) is 0 Å². The average Bonchev–Trinajstić information content (AvgIpc) is 2.47. The lowest BCUT2D eigenvalue weighted by atomic mass is 9.70. The lowest BCUT2D eigenvalue weighted by molar-refractivity contribution is -0.00121. The van der Waals surface area contributed by atoms with E-state index in [1.54, 1.807) is 7.11 Å². The summed E-state index contributed by atoms with van der Waals surface area (Å²) in [5, 5.41) is 10.3. The molecule has 1 spiro atoms. The average molecular weight is 288 g/mol. The van der Waals surface area contributed by atoms with Gasteiger partial charge in [0.05, 0.1) is 6.10 Å². The van der Waals surface area contributed by atoms with Crippen molar-refractivity contribution < 1.29 is 14.6 Å². The van der Waals surface area contributed by atoms with Gasteiger partial charge in [0.25, 0.3) is 0 Å². The molecule has 0 amide bonds. The summed E-state index contributed by atoms with van der Waals surface area (Å²) in [5.41, 5.74) is 4.87. The zero-order chi connectivity index (χ0) is 15.4. The van der Waals surface area contributed by atoms with E-state index in [1.165, 1.54) is 12.0 Å². The van der Waals surface area contributed by atoms with E-state index in [2.05, 4.69) is 13.0 Å². The van der Waals surface area contributed by atoms with Crippen LogP contribution in [0.3, 0.4) is 0 Å². The van der Waals surface area contributed by atoms with Crippen molar-refractivity contribution in [1.29, 1.82) is 0 Å². The first-order valence-corrected chi connectivity index (χ1v) is 7.68. The maximum absolute atomic E-state index is 10.3. The van der Waals surface area contributed by atoms with E-state index in [1.807, 2.05) is 20.8 Å². The van der Waals surface area contributed by atoms with Crippen LogP contribution in [0.25, 0.3) is 6.08 Å². The minimum atomic E-state index is -0.191. The molecule has 0 aromatic heterocycles. The van der Waals surface area contributed by atoms with E-state index in [0.29, 0.717) is 5.75 Å². The minimum absolute atomic E-state index is 0.0293. The summed E-state index contributed by atoms with van der Waals surface area (Å²) in [7, 11) is 1.73. The molecule has 0 bridgehead atoms. The summed E-state index contributed by atoms with van der Waals surface area (Å²) in [6.07, 6.45) is 5.50. The second-order valence-electron chi connectivity index (χ2n) is 6.39. The largest absolute Gasteiger partial charge is 0.507 e. The van der Waals surface area contributed by atoms with E-state index in [9.17, 15) is 5.11 Å². The number of fused-ring (bicyclic) bond motifs is 1. The van der Waals surface area contributed by atoms with Crippen molar-refractivity contribution in [2.75, 3.05) is 7.11 Å². The van der Waals surface area contributed by atoms with Crippen LogP contribution in [-0.4, -0.2) is 23.9 Å². The molecule has 0 radical (unpaired) electrons. The van der Waals surface area contributed by atoms with Gasteiger partial charge < -0.3 is 14.6 Å². The summed E-state index contributed by atoms with van der Waals surface area (Å²) in [5.74, 6) is 1.31. The summed E-state index contributed by atoms with van der Waals surface area (Å²) < 4.78 is 12.0. The van der Waals surface area contributed by atoms with E-state index in [0.717, 1.165) is 40.8 Å². The molecule has 3 nitrogen and oxygen atoms in total. The highest BCUT2D eigenvalue weighted by Gasteiger charge is 2.47. The molecule has 1 aromatic carbocycles. The quantitative estimate of drug-likeness (QED) is 0.892. The Labute approximate surface area is 126 Å². The Morgan fingerprint density at radius 1 is 1.19 bits per heavy atom. The zero-order valence-corrected chi connectivity index (χ0v) is 13.5. The number of methoxy groups -OCH3 is 1. The summed E-state index contributed by atoms with van der Waals surface area (Å²) in [4.78, 5) is 0. The van der Waals surface area contributed by atoms with Gasteiger partial charge in [-0.05, 0) is 64.2 Å². The van der Waals surface area contributed by atoms with Gasteiger partial charge in [-0.2, -0.15) is 0 Å². The molecule has 1 saturated carbocycles. The van der Waals surface area contributed by atoms with Gasteiger partial charge in [-0.25, -0.2) is 0 Å². The fourth-order valence-electron chi connectivity index (χ4n) is 3.48. The van der Waals surface area contributed by atoms with Crippen LogP contribution in [0.4, 0.5) is 0 Å². The van der Waals surface area contributed by atoms with Crippen LogP contribution >= 0.6 is 0 Å². The molecular weight excluding hydrogens is 264 g/mol. The first-order chi connectivity index (χ1) is 9.91. The van der Waals surface area contributed by atoms with Crippen molar-refractivity contribution in [3.8, 4) is 11.5 Å². The van der Waals surface area contributed by atoms with Crippen LogP contribution in [0.2, 0.25) is 0 Å². The smallest absolute Gasteiger partial charge is 0.133 e. The normalized spacial score (nSPS) is 20.3. The Bertz CT molecular complexity index is 624. The maximum atomic E-state index is 10.3. The van der Waals surface area contributed by atoms with Crippen molar-refractivity contribution in [3.05, 3.63) is 27.8 Å². The molecule has 1 atom stereocenters. The summed E-state index contributed by atoms with van der Waals surface area (Å²) >= 11 is 0. The van der Waals surface area contributed by atoms with Crippen molar-refractivity contribution in [2.45, 2.75) is 58.7 Å². The number of rotatable bonds is 2. The highest BCUT2D eigenvalue weighted by Crippen LogP contribution is 2.51. The fourth-order valence-corrected chi connectivity index (χ4v) is 3.48. The van der Waals surface area contributed by atoms with Gasteiger partial charge in [-0.1, -0.05) is 0 Å². The molecule has 1 heterocycles. The van der Waals surface area contributed by atoms with E-state index < -0.39 is 0 Å². The number of benzene rings is 1. The Morgan fingerprint density at radius 3 is 2.38 bits per heavy atom. The molecule has 3 heteroatoms. The molecule has 21 heavy (non-hydrogen) atoms. The van der Waals surface area contributed by atoms with E-state index in [-0.39, 0.29) is 11.7 Å². The van der Waals surface area contributed by atoms with E-state index >= 15 is 0 Å². The van der Waals surface area contributed by atoms with Gasteiger partial charge in [0.1, 0.15) is 17.1 Å². The van der Waals surface area contributed by atoms with Crippen LogP contribution in [0.15, 0.2) is 5.57 Å². The maximum Gasteiger partial charge on any atom is 0.133 e. The van der Waals surface area contributed by atoms with Crippen LogP contribution in [0, 0.1) is 20.8 Å². The lowest BCUT2D eigenvalue weighted by Gasteiger charge is -2.48. The van der Waals surface area contributed by atoms with Gasteiger partial charge in [-0.3, -0.25) is 0 Å². The first kappa shape index (κ1) is 14.5. The van der Waals surface area contributed by atoms with Gasteiger partial charge in [-0.15, -0.1) is 0 Å². The van der Waals surface area contributed by atoms with Crippen LogP contribution < -0.4 is 4.74 Å². The van der Waals surface area contributed by atoms with Crippen LogP contribution in [-0.2, 0) is 4.74 Å². The summed E-state index contributed by atoms with van der Waals surface area (Å²) in [6.45, 7) is 7.99. The molecular formula is C18H24O3. The van der Waals surface area contributed by atoms with Gasteiger partial charge in [0, 0.05) is 23.8 Å². The molecule has 1 unspecified atom stereocenters. The van der Waals surface area contributed by atoms with Gasteiger partial charge in [0.15, 0.2) is 0 Å². The molecule has 1 aromatic rings. The SMILES string of the molecule is COC(C)C1=Cc2c(C)c(O)c(C)c(C)c2OC12CCC2. The predicted molar refractivity (Wildman–Crippen MR) is 84.0 cm³/mol. The third-order valence-corrected chi connectivity index (χ3v) is 5.34. The van der Waals surface area contributed by atoms with Crippen molar-refractivity contribution >= 4 is 6.08 Å². The number of phenolic OH excluding ortho intramolecular Hbond substituents is 1. The Kier molecular flexibility index (Phi) is 3.28. The van der Waals surface area contributed by atoms with Crippen molar-refractivity contribution in [1.82, 2.24) is 0 Å². The van der Waals surface area contributed by atoms with Crippen LogP contribution in [0.1, 0.15) is 48.4 Å². The standard InChI is InChI=1S/C18H24O3/c1-10-11(2)17-14(12(3)16(10)19)9-15(13(4)20-5)18(21-17)7-6-8-18/h9,13,19H,6-8H2,1-5H3. The van der Waals surface area contributed by atoms with Gasteiger partial charge in [0.2, 0.25) is 0 Å². The predicted octanol–water partition coefficient (Wildman–Crippen LogP) is 4.05. The molecule has 114 valence electrons. The number of hydrogen-bond donors (Lipinski definition) is 1. The first-order valence-electron chi connectivity index (χ1n) is 7.68. The molecule has 2 aliphatic rings. The van der Waals surface area contributed by atoms with Gasteiger partial charge >= 0.3 is 0 Å². The number of phenols is 1. The van der Waals surface area contributed by atoms with Crippen molar-refractivity contribution in [2.24, 2.45) is 0 Å². The molecule has 1 aliphatic heterocycles. The Balaban J connectivity index is 2.23. The molecule has 0 saturated heterocycles. The highest BCUT2D eigenvalue weighted by molar-refractivity contribution is 5.74. The molecule has 1 N–H and O–H groups in total. The third kappa shape index (κ3) is 1.90. The summed E-state index contributed by atoms with van der Waals surface area (Å²) in [6, 6.07) is 0. The molecule has 3 rings (SSSR count). The molecule has 1 aliphatic carbocycles. The monoisotopic (exact) mass is 288 g/mol. The number of ether oxygens (including phenoxy) is 2. The van der Waals surface area contributed by atoms with Crippen LogP contribution in [0.5, 0.6) is 11.5 Å². The second-order valence-corrected chi connectivity index (χ2v) is 6.39. The third-order valence-electron chi connectivity index (χ3n) is 5.34. The highest BCUT2D eigenvalue weighted by atomic mass is 16.5. The number of aromatic hydroxyl groups is 1. The fraction of sp³-hybridized carbons (Fsp3) is 0.556. The Morgan fingerprint density at radius 2 is 1.86 bits per heavy atom. The lowest BCUT2D eigenvalue weighted by Crippen LogP contribution is -2.49. The van der Waals surface area contributed by atoms with E-state index in [4.69, 9.17) is 9.47 Å². The topological polar surface area (TPSA) is 38.7 Å². The molecule has 1 fully saturated rings. The second kappa shape index (κ2) is 4.77. The Hall–Kier alpha value is -1.48. The minimum Gasteiger partial charge on any atom is -0.507 e. The zero-order valence-electron chi connectivity index (χ0n) is 13.5. The number of hydrogen-bond acceptors (Lipinski definition) is 3.